The average molecular weight is 209 g/mol. The van der Waals surface area contributed by atoms with Gasteiger partial charge in [0.1, 0.15) is 0 Å². The van der Waals surface area contributed by atoms with Crippen molar-refractivity contribution in [1.82, 2.24) is 15.0 Å². The molecule has 0 unspecified atom stereocenters. The summed E-state index contributed by atoms with van der Waals surface area (Å²) in [5.74, 6) is 3.30. The van der Waals surface area contributed by atoms with Gasteiger partial charge in [-0.15, -0.1) is 5.10 Å². The van der Waals surface area contributed by atoms with E-state index in [1.807, 2.05) is 0 Å². The quantitative estimate of drug-likeness (QED) is 0.748. The molecule has 3 nitrogen and oxygen atoms in total. The zero-order chi connectivity index (χ0) is 9.38. The van der Waals surface area contributed by atoms with Gasteiger partial charge < -0.3 is 0 Å². The monoisotopic (exact) mass is 209 g/mol. The molecule has 0 bridgehead atoms. The van der Waals surface area contributed by atoms with Gasteiger partial charge in [-0.25, -0.2) is 4.68 Å². The zero-order valence-electron chi connectivity index (χ0n) is 8.22. The van der Waals surface area contributed by atoms with E-state index in [1.165, 1.54) is 42.9 Å². The summed E-state index contributed by atoms with van der Waals surface area (Å²) < 4.78 is 2.10. The fraction of sp³-hybridized carbons (Fsp3) is 0.800. The van der Waals surface area contributed by atoms with Crippen LogP contribution in [0.2, 0.25) is 0 Å². The number of hydrogen-bond donors (Lipinski definition) is 0. The highest BCUT2D eigenvalue weighted by atomic mass is 32.2. The summed E-state index contributed by atoms with van der Waals surface area (Å²) in [6.07, 6.45) is 7.34. The summed E-state index contributed by atoms with van der Waals surface area (Å²) in [4.78, 5) is 0. The molecule has 1 saturated carbocycles. The van der Waals surface area contributed by atoms with Crippen molar-refractivity contribution in [1.29, 1.82) is 0 Å². The third kappa shape index (κ3) is 1.67. The van der Waals surface area contributed by atoms with Crippen LogP contribution in [-0.2, 0) is 0 Å². The summed E-state index contributed by atoms with van der Waals surface area (Å²) in [6, 6.07) is 0.622. The number of rotatable bonds is 2. The lowest BCUT2D eigenvalue weighted by Gasteiger charge is -2.20. The predicted octanol–water partition coefficient (Wildman–Crippen LogP) is 2.22. The zero-order valence-corrected chi connectivity index (χ0v) is 9.04. The molecule has 2 fully saturated rings. The second-order valence-corrected chi connectivity index (χ2v) is 5.47. The largest absolute Gasteiger partial charge is 0.249 e. The van der Waals surface area contributed by atoms with Crippen molar-refractivity contribution in [3.63, 3.8) is 0 Å². The van der Waals surface area contributed by atoms with E-state index in [1.54, 1.807) is 0 Å². The van der Waals surface area contributed by atoms with Crippen molar-refractivity contribution in [2.24, 2.45) is 0 Å². The van der Waals surface area contributed by atoms with Crippen LogP contribution >= 0.6 is 11.8 Å². The predicted molar refractivity (Wildman–Crippen MR) is 57.6 cm³/mol. The van der Waals surface area contributed by atoms with Crippen molar-refractivity contribution < 1.29 is 0 Å². The van der Waals surface area contributed by atoms with Gasteiger partial charge in [-0.3, -0.25) is 0 Å². The van der Waals surface area contributed by atoms with Crippen LogP contribution in [0.3, 0.4) is 0 Å². The molecular weight excluding hydrogens is 194 g/mol. The number of aromatic nitrogens is 3. The lowest BCUT2D eigenvalue weighted by molar-refractivity contribution is 0.416. The molecule has 1 aliphatic heterocycles. The minimum Gasteiger partial charge on any atom is -0.249 e. The van der Waals surface area contributed by atoms with Gasteiger partial charge in [-0.2, -0.15) is 11.8 Å². The summed E-state index contributed by atoms with van der Waals surface area (Å²) in [5, 5.41) is 8.52. The first-order valence-corrected chi connectivity index (χ1v) is 6.58. The van der Waals surface area contributed by atoms with Gasteiger partial charge in [0.15, 0.2) is 0 Å². The van der Waals surface area contributed by atoms with Crippen molar-refractivity contribution in [3.8, 4) is 0 Å². The van der Waals surface area contributed by atoms with Crippen molar-refractivity contribution in [2.45, 2.75) is 37.6 Å². The van der Waals surface area contributed by atoms with Crippen LogP contribution in [0.15, 0.2) is 6.20 Å². The molecule has 3 rings (SSSR count). The van der Waals surface area contributed by atoms with Crippen LogP contribution < -0.4 is 0 Å². The molecule has 1 aromatic heterocycles. The summed E-state index contributed by atoms with van der Waals surface area (Å²) >= 11 is 2.06. The first kappa shape index (κ1) is 8.77. The van der Waals surface area contributed by atoms with Gasteiger partial charge in [0.05, 0.1) is 11.7 Å². The van der Waals surface area contributed by atoms with Gasteiger partial charge in [0, 0.05) is 12.1 Å². The Hall–Kier alpha value is -0.510. The Morgan fingerprint density at radius 2 is 2.00 bits per heavy atom. The van der Waals surface area contributed by atoms with E-state index in [0.29, 0.717) is 6.04 Å². The van der Waals surface area contributed by atoms with E-state index in [2.05, 4.69) is 33.0 Å². The van der Waals surface area contributed by atoms with Crippen LogP contribution in [0.1, 0.15) is 43.3 Å². The normalized spacial score (nSPS) is 24.0. The van der Waals surface area contributed by atoms with E-state index in [4.69, 9.17) is 0 Å². The summed E-state index contributed by atoms with van der Waals surface area (Å²) in [6.45, 7) is 0. The molecule has 0 aromatic carbocycles. The van der Waals surface area contributed by atoms with Gasteiger partial charge in [0.25, 0.3) is 0 Å². The van der Waals surface area contributed by atoms with Crippen molar-refractivity contribution in [3.05, 3.63) is 11.9 Å². The Kier molecular flexibility index (Phi) is 2.24. The molecule has 14 heavy (non-hydrogen) atoms. The highest BCUT2D eigenvalue weighted by Crippen LogP contribution is 2.39. The molecule has 1 aliphatic carbocycles. The SMILES string of the molecule is c1c(C2CC2)nnn1C1CCSCC1. The van der Waals surface area contributed by atoms with Crippen molar-refractivity contribution >= 4 is 11.8 Å². The van der Waals surface area contributed by atoms with Gasteiger partial charge in [-0.05, 0) is 37.2 Å². The van der Waals surface area contributed by atoms with Crippen LogP contribution in [0, 0.1) is 0 Å². The molecule has 0 atom stereocenters. The van der Waals surface area contributed by atoms with Crippen LogP contribution in [0.25, 0.3) is 0 Å². The fourth-order valence-corrected chi connectivity index (χ4v) is 3.07. The third-order valence-corrected chi connectivity index (χ3v) is 4.14. The molecule has 2 heterocycles. The van der Waals surface area contributed by atoms with Crippen LogP contribution in [0.5, 0.6) is 0 Å². The maximum Gasteiger partial charge on any atom is 0.0858 e. The first-order chi connectivity index (χ1) is 6.93. The number of hydrogen-bond acceptors (Lipinski definition) is 3. The lowest BCUT2D eigenvalue weighted by Crippen LogP contribution is -2.15. The molecule has 76 valence electrons. The van der Waals surface area contributed by atoms with Crippen molar-refractivity contribution in [2.75, 3.05) is 11.5 Å². The molecular formula is C10H15N3S. The Morgan fingerprint density at radius 1 is 1.21 bits per heavy atom. The van der Waals surface area contributed by atoms with E-state index in [0.717, 1.165) is 5.92 Å². The van der Waals surface area contributed by atoms with Crippen LogP contribution in [-0.4, -0.2) is 26.5 Å². The van der Waals surface area contributed by atoms with E-state index >= 15 is 0 Å². The molecule has 0 radical (unpaired) electrons. The third-order valence-electron chi connectivity index (χ3n) is 3.09. The maximum absolute atomic E-state index is 4.26. The highest BCUT2D eigenvalue weighted by Gasteiger charge is 2.27. The Bertz CT molecular complexity index is 313. The minimum absolute atomic E-state index is 0.622. The van der Waals surface area contributed by atoms with E-state index < -0.39 is 0 Å². The molecule has 0 spiro atoms. The van der Waals surface area contributed by atoms with Gasteiger partial charge >= 0.3 is 0 Å². The average Bonchev–Trinajstić information content (AvgIpc) is 2.98. The number of thioether (sulfide) groups is 1. The maximum atomic E-state index is 4.26. The topological polar surface area (TPSA) is 30.7 Å². The van der Waals surface area contributed by atoms with Gasteiger partial charge in [0.2, 0.25) is 0 Å². The second-order valence-electron chi connectivity index (χ2n) is 4.24. The molecule has 0 amide bonds. The Labute approximate surface area is 88.3 Å². The van der Waals surface area contributed by atoms with Gasteiger partial charge in [-0.1, -0.05) is 5.21 Å². The highest BCUT2D eigenvalue weighted by molar-refractivity contribution is 7.99. The fourth-order valence-electron chi connectivity index (χ4n) is 1.98. The molecule has 1 saturated heterocycles. The summed E-state index contributed by atoms with van der Waals surface area (Å²) in [7, 11) is 0. The van der Waals surface area contributed by atoms with E-state index in [-0.39, 0.29) is 0 Å². The minimum atomic E-state index is 0.622. The number of nitrogens with zero attached hydrogens (tertiary/aromatic N) is 3. The van der Waals surface area contributed by atoms with E-state index in [9.17, 15) is 0 Å². The first-order valence-electron chi connectivity index (χ1n) is 5.43. The molecule has 2 aliphatic rings. The molecule has 1 aromatic rings. The second kappa shape index (κ2) is 3.57. The Morgan fingerprint density at radius 3 is 2.71 bits per heavy atom. The smallest absolute Gasteiger partial charge is 0.0858 e. The molecule has 0 N–H and O–H groups in total. The lowest BCUT2D eigenvalue weighted by atomic mass is 10.1. The van der Waals surface area contributed by atoms with Crippen LogP contribution in [0.4, 0.5) is 0 Å². The standard InChI is InChI=1S/C10H15N3S/c1-2-8(1)10-7-13(12-11-10)9-3-5-14-6-4-9/h7-9H,1-6H2. The summed E-state index contributed by atoms with van der Waals surface area (Å²) in [5.41, 5.74) is 1.23. The molecule has 4 heteroatoms. The Balaban J connectivity index is 1.74.